The fraction of sp³-hybridized carbons (Fsp3) is 0.226. The average Bonchev–Trinajstić information content (AvgIpc) is 3.07. The van der Waals surface area contributed by atoms with Crippen LogP contribution in [0.5, 0.6) is 0 Å². The van der Waals surface area contributed by atoms with Gasteiger partial charge in [-0.2, -0.15) is 0 Å². The molecular formula is C31H31N. The number of benzene rings is 4. The van der Waals surface area contributed by atoms with Crippen molar-refractivity contribution in [1.29, 1.82) is 0 Å². The van der Waals surface area contributed by atoms with E-state index in [2.05, 4.69) is 124 Å². The lowest BCUT2D eigenvalue weighted by Crippen LogP contribution is -2.16. The topological polar surface area (TPSA) is 3.24 Å². The molecule has 0 heterocycles. The van der Waals surface area contributed by atoms with Gasteiger partial charge in [-0.05, 0) is 82.6 Å². The van der Waals surface area contributed by atoms with Crippen molar-refractivity contribution >= 4 is 17.1 Å². The van der Waals surface area contributed by atoms with Crippen molar-refractivity contribution in [2.45, 2.75) is 46.0 Å². The molecule has 0 aliphatic heterocycles. The second kappa shape index (κ2) is 7.98. The van der Waals surface area contributed by atoms with Crippen LogP contribution in [0.4, 0.5) is 17.1 Å². The zero-order chi connectivity index (χ0) is 22.3. The Morgan fingerprint density at radius 3 is 1.62 bits per heavy atom. The van der Waals surface area contributed by atoms with Crippen LogP contribution in [-0.2, 0) is 18.3 Å². The van der Waals surface area contributed by atoms with Gasteiger partial charge in [-0.1, -0.05) is 82.3 Å². The van der Waals surface area contributed by atoms with Gasteiger partial charge < -0.3 is 4.90 Å². The Labute approximate surface area is 192 Å². The van der Waals surface area contributed by atoms with Crippen LogP contribution in [0.1, 0.15) is 49.9 Å². The number of aryl methyl sites for hydroxylation is 2. The van der Waals surface area contributed by atoms with Crippen molar-refractivity contribution in [1.82, 2.24) is 0 Å². The molecule has 0 spiro atoms. The van der Waals surface area contributed by atoms with Crippen LogP contribution in [0.25, 0.3) is 11.1 Å². The van der Waals surface area contributed by atoms with Crippen LogP contribution >= 0.6 is 0 Å². The molecule has 0 N–H and O–H groups in total. The normalized spacial score (nSPS) is 13.5. The third kappa shape index (κ3) is 3.33. The second-order valence-corrected chi connectivity index (χ2v) is 9.28. The van der Waals surface area contributed by atoms with Crippen LogP contribution in [0, 0.1) is 0 Å². The van der Waals surface area contributed by atoms with E-state index in [-0.39, 0.29) is 5.41 Å². The van der Waals surface area contributed by atoms with E-state index < -0.39 is 0 Å². The predicted molar refractivity (Wildman–Crippen MR) is 137 cm³/mol. The summed E-state index contributed by atoms with van der Waals surface area (Å²) in [4.78, 5) is 2.39. The minimum Gasteiger partial charge on any atom is -0.310 e. The number of nitrogens with zero attached hydrogens (tertiary/aromatic N) is 1. The van der Waals surface area contributed by atoms with E-state index in [0.717, 1.165) is 12.8 Å². The minimum atomic E-state index is -0.00819. The minimum absolute atomic E-state index is 0.00819. The molecule has 0 unspecified atom stereocenters. The molecule has 0 saturated carbocycles. The lowest BCUT2D eigenvalue weighted by Gasteiger charge is -2.28. The van der Waals surface area contributed by atoms with Gasteiger partial charge in [0.1, 0.15) is 0 Å². The quantitative estimate of drug-likeness (QED) is 0.314. The lowest BCUT2D eigenvalue weighted by atomic mass is 9.82. The first-order valence-electron chi connectivity index (χ1n) is 11.8. The highest BCUT2D eigenvalue weighted by atomic mass is 15.1. The van der Waals surface area contributed by atoms with E-state index in [0.29, 0.717) is 0 Å². The Kier molecular flexibility index (Phi) is 5.13. The van der Waals surface area contributed by atoms with Crippen molar-refractivity contribution in [3.63, 3.8) is 0 Å². The molecule has 0 amide bonds. The number of anilines is 3. The molecule has 1 aliphatic carbocycles. The van der Waals surface area contributed by atoms with Gasteiger partial charge >= 0.3 is 0 Å². The van der Waals surface area contributed by atoms with Crippen LogP contribution in [0.2, 0.25) is 0 Å². The van der Waals surface area contributed by atoms with Crippen molar-refractivity contribution in [2.24, 2.45) is 0 Å². The molecular weight excluding hydrogens is 386 g/mol. The molecule has 0 fully saturated rings. The maximum absolute atomic E-state index is 2.40. The van der Waals surface area contributed by atoms with Gasteiger partial charge in [0.2, 0.25) is 0 Å². The third-order valence-electron chi connectivity index (χ3n) is 7.03. The highest BCUT2D eigenvalue weighted by molar-refractivity contribution is 5.85. The van der Waals surface area contributed by atoms with E-state index in [1.165, 1.54) is 50.4 Å². The molecule has 0 bridgehead atoms. The number of rotatable bonds is 5. The highest BCUT2D eigenvalue weighted by Gasteiger charge is 2.35. The Hall–Kier alpha value is -3.32. The van der Waals surface area contributed by atoms with Crippen molar-refractivity contribution in [3.8, 4) is 11.1 Å². The standard InChI is InChI=1S/C31H31N/c1-5-22-11-15-24(16-12-22)32(25-17-13-23(6-2)14-18-25)26-19-20-28-27-9-7-8-10-29(27)31(3,4)30(28)21-26/h7-21H,5-6H2,1-4H3. The van der Waals surface area contributed by atoms with Gasteiger partial charge in [-0.3, -0.25) is 0 Å². The van der Waals surface area contributed by atoms with Crippen LogP contribution < -0.4 is 4.90 Å². The Bertz CT molecular complexity index is 1200. The lowest BCUT2D eigenvalue weighted by molar-refractivity contribution is 0.660. The molecule has 1 heteroatoms. The number of hydrogen-bond acceptors (Lipinski definition) is 1. The summed E-state index contributed by atoms with van der Waals surface area (Å²) < 4.78 is 0. The molecule has 1 nitrogen and oxygen atoms in total. The fourth-order valence-corrected chi connectivity index (χ4v) is 5.04. The summed E-state index contributed by atoms with van der Waals surface area (Å²) in [5.74, 6) is 0. The third-order valence-corrected chi connectivity index (χ3v) is 7.03. The molecule has 5 rings (SSSR count). The Morgan fingerprint density at radius 1 is 0.562 bits per heavy atom. The fourth-order valence-electron chi connectivity index (χ4n) is 5.04. The van der Waals surface area contributed by atoms with Crippen LogP contribution in [-0.4, -0.2) is 0 Å². The van der Waals surface area contributed by atoms with Gasteiger partial charge in [0, 0.05) is 22.5 Å². The molecule has 0 aromatic heterocycles. The molecule has 1 aliphatic rings. The van der Waals surface area contributed by atoms with Gasteiger partial charge in [-0.25, -0.2) is 0 Å². The van der Waals surface area contributed by atoms with Crippen molar-refractivity contribution in [3.05, 3.63) is 113 Å². The molecule has 32 heavy (non-hydrogen) atoms. The van der Waals surface area contributed by atoms with E-state index in [1.807, 2.05) is 0 Å². The average molecular weight is 418 g/mol. The summed E-state index contributed by atoms with van der Waals surface area (Å²) >= 11 is 0. The molecule has 0 saturated heterocycles. The van der Waals surface area contributed by atoms with E-state index in [9.17, 15) is 0 Å². The summed E-state index contributed by atoms with van der Waals surface area (Å²) in [5, 5.41) is 0. The largest absolute Gasteiger partial charge is 0.310 e. The Morgan fingerprint density at radius 2 is 1.06 bits per heavy atom. The van der Waals surface area contributed by atoms with Crippen molar-refractivity contribution in [2.75, 3.05) is 4.90 Å². The maximum Gasteiger partial charge on any atom is 0.0465 e. The molecule has 0 atom stereocenters. The monoisotopic (exact) mass is 417 g/mol. The zero-order valence-corrected chi connectivity index (χ0v) is 19.5. The van der Waals surface area contributed by atoms with Crippen molar-refractivity contribution < 1.29 is 0 Å². The summed E-state index contributed by atoms with van der Waals surface area (Å²) in [6.45, 7) is 9.10. The zero-order valence-electron chi connectivity index (χ0n) is 19.5. The van der Waals surface area contributed by atoms with E-state index in [4.69, 9.17) is 0 Å². The van der Waals surface area contributed by atoms with Gasteiger partial charge in [0.05, 0.1) is 0 Å². The molecule has 0 radical (unpaired) electrons. The summed E-state index contributed by atoms with van der Waals surface area (Å²) in [7, 11) is 0. The molecule has 160 valence electrons. The maximum atomic E-state index is 2.40. The Balaban J connectivity index is 1.66. The first-order valence-corrected chi connectivity index (χ1v) is 11.8. The SMILES string of the molecule is CCc1ccc(N(c2ccc(CC)cc2)c2ccc3c(c2)C(C)(C)c2ccccc2-3)cc1. The molecule has 4 aromatic rings. The first kappa shape index (κ1) is 20.6. The first-order chi connectivity index (χ1) is 15.5. The van der Waals surface area contributed by atoms with Crippen LogP contribution in [0.15, 0.2) is 91.0 Å². The summed E-state index contributed by atoms with van der Waals surface area (Å²) in [6.07, 6.45) is 2.10. The number of hydrogen-bond donors (Lipinski definition) is 0. The van der Waals surface area contributed by atoms with Crippen LogP contribution in [0.3, 0.4) is 0 Å². The smallest absolute Gasteiger partial charge is 0.0465 e. The van der Waals surface area contributed by atoms with Gasteiger partial charge in [0.15, 0.2) is 0 Å². The van der Waals surface area contributed by atoms with Gasteiger partial charge in [0.25, 0.3) is 0 Å². The number of fused-ring (bicyclic) bond motifs is 3. The second-order valence-electron chi connectivity index (χ2n) is 9.28. The highest BCUT2D eigenvalue weighted by Crippen LogP contribution is 2.50. The summed E-state index contributed by atoms with van der Waals surface area (Å²) in [5.41, 5.74) is 11.8. The predicted octanol–water partition coefficient (Wildman–Crippen LogP) is 8.59. The molecule has 4 aromatic carbocycles. The van der Waals surface area contributed by atoms with Gasteiger partial charge in [-0.15, -0.1) is 0 Å². The van der Waals surface area contributed by atoms with E-state index >= 15 is 0 Å². The summed E-state index contributed by atoms with van der Waals surface area (Å²) in [6, 6.07) is 33.8. The van der Waals surface area contributed by atoms with E-state index in [1.54, 1.807) is 0 Å².